The predicted molar refractivity (Wildman–Crippen MR) is 78.9 cm³/mol. The Morgan fingerprint density at radius 3 is 2.60 bits per heavy atom. The minimum Gasteiger partial charge on any atom is -0.254 e. The molecule has 0 fully saturated rings. The van der Waals surface area contributed by atoms with E-state index in [1.165, 1.54) is 12.1 Å². The van der Waals surface area contributed by atoms with E-state index < -0.39 is 6.43 Å². The van der Waals surface area contributed by atoms with Crippen LogP contribution in [0.4, 0.5) is 8.78 Å². The van der Waals surface area contributed by atoms with Crippen molar-refractivity contribution in [1.82, 2.24) is 4.98 Å². The average Bonchev–Trinajstić information content (AvgIpc) is 2.46. The molecule has 2 aromatic rings. The first-order valence-electron chi connectivity index (χ1n) is 6.20. The van der Waals surface area contributed by atoms with Crippen molar-refractivity contribution >= 4 is 16.6 Å². The smallest absolute Gasteiger partial charge is 0.254 e. The second-order valence-electron chi connectivity index (χ2n) is 4.45. The van der Waals surface area contributed by atoms with Gasteiger partial charge in [0, 0.05) is 17.3 Å². The molecule has 0 atom stereocenters. The molecule has 1 nitrogen and oxygen atoms in total. The molecule has 1 heterocycles. The molecule has 0 bridgehead atoms. The lowest BCUT2D eigenvalue weighted by Crippen LogP contribution is -1.92. The molecular weight excluding hydrogens is 280 g/mol. The highest BCUT2D eigenvalue weighted by Gasteiger charge is 2.10. The number of benzene rings is 1. The number of nitrogens with zero attached hydrogens (tertiary/aromatic N) is 1. The Morgan fingerprint density at radius 1 is 1.25 bits per heavy atom. The molecule has 0 amide bonds. The number of rotatable bonds is 3. The summed E-state index contributed by atoms with van der Waals surface area (Å²) in [5.74, 6) is 0. The van der Waals surface area contributed by atoms with Crippen molar-refractivity contribution in [3.05, 3.63) is 59.4 Å². The molecule has 0 N–H and O–H groups in total. The number of hydrogen-bond donors (Lipinski definition) is 0. The summed E-state index contributed by atoms with van der Waals surface area (Å²) in [7, 11) is 0. The summed E-state index contributed by atoms with van der Waals surface area (Å²) >= 11 is 6.06. The summed E-state index contributed by atoms with van der Waals surface area (Å²) < 4.78 is 25.4. The van der Waals surface area contributed by atoms with Crippen molar-refractivity contribution in [2.24, 2.45) is 0 Å². The van der Waals surface area contributed by atoms with Crippen LogP contribution in [0.3, 0.4) is 0 Å². The van der Waals surface area contributed by atoms with E-state index in [-0.39, 0.29) is 5.56 Å². The standard InChI is InChI=1S/C16H14ClF2N/c1-3-14(17)15-10(2)7-13(9-20-15)11-5-4-6-12(8-11)16(18)19/h3-9,16H,1-2H3/b14-3+. The van der Waals surface area contributed by atoms with Crippen molar-refractivity contribution in [1.29, 1.82) is 0 Å². The summed E-state index contributed by atoms with van der Waals surface area (Å²) in [6.45, 7) is 3.73. The van der Waals surface area contributed by atoms with Gasteiger partial charge in [0.25, 0.3) is 6.43 Å². The van der Waals surface area contributed by atoms with Crippen LogP contribution in [-0.4, -0.2) is 4.98 Å². The first-order chi connectivity index (χ1) is 9.52. The van der Waals surface area contributed by atoms with Crippen LogP contribution in [0.25, 0.3) is 16.2 Å². The second kappa shape index (κ2) is 6.14. The van der Waals surface area contributed by atoms with E-state index in [1.54, 1.807) is 24.4 Å². The maximum absolute atomic E-state index is 12.7. The molecule has 0 unspecified atom stereocenters. The average molecular weight is 294 g/mol. The molecule has 4 heteroatoms. The van der Waals surface area contributed by atoms with Gasteiger partial charge >= 0.3 is 0 Å². The van der Waals surface area contributed by atoms with Crippen LogP contribution in [-0.2, 0) is 0 Å². The van der Waals surface area contributed by atoms with Gasteiger partial charge in [-0.3, -0.25) is 4.98 Å². The van der Waals surface area contributed by atoms with Crippen LogP contribution in [0.5, 0.6) is 0 Å². The van der Waals surface area contributed by atoms with Crippen LogP contribution < -0.4 is 0 Å². The minimum atomic E-state index is -2.47. The third-order valence-corrected chi connectivity index (χ3v) is 3.43. The number of alkyl halides is 2. The molecule has 20 heavy (non-hydrogen) atoms. The number of pyridine rings is 1. The molecule has 0 aliphatic heterocycles. The van der Waals surface area contributed by atoms with Gasteiger partial charge in [-0.1, -0.05) is 35.9 Å². The molecule has 0 aliphatic rings. The van der Waals surface area contributed by atoms with Gasteiger partial charge in [0.2, 0.25) is 0 Å². The Kier molecular flexibility index (Phi) is 4.50. The molecule has 0 spiro atoms. The number of aromatic nitrogens is 1. The minimum absolute atomic E-state index is 0.00992. The second-order valence-corrected chi connectivity index (χ2v) is 4.86. The first-order valence-corrected chi connectivity index (χ1v) is 6.58. The number of aryl methyl sites for hydroxylation is 1. The predicted octanol–water partition coefficient (Wildman–Crippen LogP) is 5.59. The summed E-state index contributed by atoms with van der Waals surface area (Å²) in [5.41, 5.74) is 3.16. The maximum Gasteiger partial charge on any atom is 0.263 e. The van der Waals surface area contributed by atoms with Crippen molar-refractivity contribution in [3.8, 4) is 11.1 Å². The summed E-state index contributed by atoms with van der Waals surface area (Å²) in [6, 6.07) is 8.22. The van der Waals surface area contributed by atoms with E-state index in [4.69, 9.17) is 11.6 Å². The van der Waals surface area contributed by atoms with E-state index in [9.17, 15) is 8.78 Å². The molecular formula is C16H14ClF2N. The molecule has 1 aromatic carbocycles. The third-order valence-electron chi connectivity index (χ3n) is 3.03. The zero-order valence-corrected chi connectivity index (χ0v) is 12.0. The SMILES string of the molecule is C/C=C(/Cl)c1ncc(-c2cccc(C(F)F)c2)cc1C. The van der Waals surface area contributed by atoms with Crippen LogP contribution >= 0.6 is 11.6 Å². The van der Waals surface area contributed by atoms with Gasteiger partial charge < -0.3 is 0 Å². The van der Waals surface area contributed by atoms with E-state index in [2.05, 4.69) is 4.98 Å². The Balaban J connectivity index is 2.44. The first kappa shape index (κ1) is 14.7. The normalized spacial score (nSPS) is 12.0. The largest absolute Gasteiger partial charge is 0.263 e. The highest BCUT2D eigenvalue weighted by Crippen LogP contribution is 2.28. The van der Waals surface area contributed by atoms with E-state index >= 15 is 0 Å². The van der Waals surface area contributed by atoms with Gasteiger partial charge in [0.1, 0.15) is 0 Å². The topological polar surface area (TPSA) is 12.9 Å². The van der Waals surface area contributed by atoms with Crippen molar-refractivity contribution < 1.29 is 8.78 Å². The Bertz CT molecular complexity index is 651. The lowest BCUT2D eigenvalue weighted by Gasteiger charge is -2.08. The molecule has 0 saturated carbocycles. The monoisotopic (exact) mass is 293 g/mol. The van der Waals surface area contributed by atoms with Gasteiger partial charge in [-0.15, -0.1) is 0 Å². The zero-order valence-electron chi connectivity index (χ0n) is 11.2. The van der Waals surface area contributed by atoms with Crippen LogP contribution in [0, 0.1) is 6.92 Å². The Labute approximate surface area is 121 Å². The van der Waals surface area contributed by atoms with Gasteiger partial charge in [0.15, 0.2) is 0 Å². The fourth-order valence-corrected chi connectivity index (χ4v) is 2.17. The zero-order chi connectivity index (χ0) is 14.7. The Hall–Kier alpha value is -1.74. The molecule has 0 saturated heterocycles. The van der Waals surface area contributed by atoms with Gasteiger partial charge in [-0.2, -0.15) is 0 Å². The van der Waals surface area contributed by atoms with Crippen LogP contribution in [0.15, 0.2) is 42.6 Å². The van der Waals surface area contributed by atoms with Crippen LogP contribution in [0.1, 0.15) is 30.2 Å². The lowest BCUT2D eigenvalue weighted by molar-refractivity contribution is 0.151. The number of allylic oxidation sites excluding steroid dienone is 1. The maximum atomic E-state index is 12.7. The van der Waals surface area contributed by atoms with Crippen LogP contribution in [0.2, 0.25) is 0 Å². The molecule has 0 aliphatic carbocycles. The highest BCUT2D eigenvalue weighted by molar-refractivity contribution is 6.48. The summed E-state index contributed by atoms with van der Waals surface area (Å²) in [6.07, 6.45) is 0.952. The number of hydrogen-bond acceptors (Lipinski definition) is 1. The van der Waals surface area contributed by atoms with E-state index in [0.717, 1.165) is 16.7 Å². The molecule has 1 aromatic heterocycles. The highest BCUT2D eigenvalue weighted by atomic mass is 35.5. The van der Waals surface area contributed by atoms with Crippen molar-refractivity contribution in [3.63, 3.8) is 0 Å². The fraction of sp³-hybridized carbons (Fsp3) is 0.188. The van der Waals surface area contributed by atoms with Crippen molar-refractivity contribution in [2.75, 3.05) is 0 Å². The third kappa shape index (κ3) is 3.05. The molecule has 104 valence electrons. The van der Waals surface area contributed by atoms with Gasteiger partial charge in [-0.25, -0.2) is 8.78 Å². The van der Waals surface area contributed by atoms with Gasteiger partial charge in [0.05, 0.1) is 10.7 Å². The summed E-state index contributed by atoms with van der Waals surface area (Å²) in [5, 5.41) is 0.579. The fourth-order valence-electron chi connectivity index (χ4n) is 1.97. The lowest BCUT2D eigenvalue weighted by atomic mass is 10.0. The van der Waals surface area contributed by atoms with E-state index in [0.29, 0.717) is 10.7 Å². The molecule has 0 radical (unpaired) electrons. The quantitative estimate of drug-likeness (QED) is 0.718. The van der Waals surface area contributed by atoms with Gasteiger partial charge in [-0.05, 0) is 37.1 Å². The number of halogens is 3. The van der Waals surface area contributed by atoms with E-state index in [1.807, 2.05) is 19.9 Å². The van der Waals surface area contributed by atoms with Crippen molar-refractivity contribution in [2.45, 2.75) is 20.3 Å². The Morgan fingerprint density at radius 2 is 2.00 bits per heavy atom. The molecule has 2 rings (SSSR count). The summed E-state index contributed by atoms with van der Waals surface area (Å²) in [4.78, 5) is 4.31.